The fraction of sp³-hybridized carbons (Fsp3) is 0.560. The molecule has 0 bridgehead atoms. The molecule has 0 spiro atoms. The minimum atomic E-state index is -1.03. The second kappa shape index (κ2) is 11.9. The van der Waals surface area contributed by atoms with Gasteiger partial charge in [0.05, 0.1) is 6.54 Å². The van der Waals surface area contributed by atoms with Crippen LogP contribution in [0.15, 0.2) is 24.3 Å². The number of hydrogen-bond donors (Lipinski definition) is 5. The highest BCUT2D eigenvalue weighted by Crippen LogP contribution is 2.19. The second-order valence-electron chi connectivity index (χ2n) is 9.50. The third kappa shape index (κ3) is 6.52. The van der Waals surface area contributed by atoms with Crippen LogP contribution in [0, 0.1) is 5.92 Å². The summed E-state index contributed by atoms with van der Waals surface area (Å²) in [7, 11) is 0. The Morgan fingerprint density at radius 3 is 2.33 bits per heavy atom. The summed E-state index contributed by atoms with van der Waals surface area (Å²) in [5.41, 5.74) is 0.693. The molecule has 36 heavy (non-hydrogen) atoms. The highest BCUT2D eigenvalue weighted by Gasteiger charge is 2.37. The normalized spacial score (nSPS) is 27.1. The van der Waals surface area contributed by atoms with E-state index in [0.29, 0.717) is 31.4 Å². The van der Waals surface area contributed by atoms with Gasteiger partial charge in [-0.3, -0.25) is 24.0 Å². The van der Waals surface area contributed by atoms with Gasteiger partial charge in [0.15, 0.2) is 0 Å². The summed E-state index contributed by atoms with van der Waals surface area (Å²) < 4.78 is 0. The molecule has 2 aliphatic rings. The molecule has 11 nitrogen and oxygen atoms in total. The number of benzene rings is 1. The van der Waals surface area contributed by atoms with Gasteiger partial charge in [-0.1, -0.05) is 32.4 Å². The van der Waals surface area contributed by atoms with E-state index in [4.69, 9.17) is 0 Å². The largest absolute Gasteiger partial charge is 0.508 e. The lowest BCUT2D eigenvalue weighted by molar-refractivity contribution is -0.139. The highest BCUT2D eigenvalue weighted by atomic mass is 16.3. The smallest absolute Gasteiger partial charge is 0.243 e. The average molecular weight is 502 g/mol. The number of phenols is 1. The zero-order chi connectivity index (χ0) is 26.4. The lowest BCUT2D eigenvalue weighted by Gasteiger charge is -2.28. The summed E-state index contributed by atoms with van der Waals surface area (Å²) in [5.74, 6) is -2.69. The lowest BCUT2D eigenvalue weighted by Crippen LogP contribution is -2.59. The molecule has 5 N–H and O–H groups in total. The number of phenolic OH excluding ortho intramolecular Hbond substituents is 1. The summed E-state index contributed by atoms with van der Waals surface area (Å²) in [6, 6.07) is 2.60. The van der Waals surface area contributed by atoms with Gasteiger partial charge in [-0.25, -0.2) is 0 Å². The lowest BCUT2D eigenvalue weighted by atomic mass is 9.96. The molecule has 2 heterocycles. The summed E-state index contributed by atoms with van der Waals surface area (Å²) in [4.78, 5) is 66.4. The van der Waals surface area contributed by atoms with Gasteiger partial charge in [0.2, 0.25) is 29.5 Å². The highest BCUT2D eigenvalue weighted by molar-refractivity contribution is 5.97. The van der Waals surface area contributed by atoms with E-state index >= 15 is 0 Å². The molecule has 11 heteroatoms. The second-order valence-corrected chi connectivity index (χ2v) is 9.50. The molecule has 0 aliphatic carbocycles. The quantitative estimate of drug-likeness (QED) is 0.377. The van der Waals surface area contributed by atoms with Crippen molar-refractivity contribution in [1.82, 2.24) is 26.2 Å². The molecule has 0 aromatic heterocycles. The minimum Gasteiger partial charge on any atom is -0.508 e. The summed E-state index contributed by atoms with van der Waals surface area (Å²) >= 11 is 0. The average Bonchev–Trinajstić information content (AvgIpc) is 3.35. The Hall–Kier alpha value is -3.63. The monoisotopic (exact) mass is 501 g/mol. The van der Waals surface area contributed by atoms with Gasteiger partial charge < -0.3 is 31.3 Å². The zero-order valence-electron chi connectivity index (χ0n) is 20.9. The van der Waals surface area contributed by atoms with Gasteiger partial charge in [-0.05, 0) is 43.4 Å². The van der Waals surface area contributed by atoms with Crippen LogP contribution in [0.5, 0.6) is 5.75 Å². The molecule has 2 fully saturated rings. The molecular formula is C25H35N5O6. The molecule has 196 valence electrons. The fourth-order valence-electron chi connectivity index (χ4n) is 4.42. The van der Waals surface area contributed by atoms with Gasteiger partial charge in [0.1, 0.15) is 29.9 Å². The molecule has 2 aliphatic heterocycles. The van der Waals surface area contributed by atoms with Crippen LogP contribution in [-0.4, -0.2) is 76.8 Å². The Morgan fingerprint density at radius 2 is 1.67 bits per heavy atom. The van der Waals surface area contributed by atoms with Crippen molar-refractivity contribution >= 4 is 29.5 Å². The predicted molar refractivity (Wildman–Crippen MR) is 130 cm³/mol. The van der Waals surface area contributed by atoms with Crippen LogP contribution in [-0.2, 0) is 30.4 Å². The molecule has 1 aromatic rings. The van der Waals surface area contributed by atoms with Crippen molar-refractivity contribution in [3.63, 3.8) is 0 Å². The maximum Gasteiger partial charge on any atom is 0.243 e. The fourth-order valence-corrected chi connectivity index (χ4v) is 4.42. The van der Waals surface area contributed by atoms with E-state index in [1.165, 1.54) is 24.0 Å². The van der Waals surface area contributed by atoms with Crippen molar-refractivity contribution < 1.29 is 29.1 Å². The Labute approximate surface area is 210 Å². The standard InChI is InChI=1S/C25H35N5O6/c1-4-14(2)21-25(36)27-15(3)22(33)26-13-20(32)30-11-5-6-19(30)24(35)28-18(23(34)29-21)12-16-7-9-17(31)10-8-16/h7-10,14-15,18-19,21,31H,4-6,11-13H2,1-3H3,(H,26,33)(H,27,36)(H,28,35)(H,29,34)/t14-,15+,18+,19+,21+/m1/s1. The van der Waals surface area contributed by atoms with Crippen molar-refractivity contribution in [2.45, 2.75) is 70.6 Å². The van der Waals surface area contributed by atoms with Crippen LogP contribution in [0.25, 0.3) is 0 Å². The van der Waals surface area contributed by atoms with E-state index in [9.17, 15) is 29.1 Å². The van der Waals surface area contributed by atoms with Crippen LogP contribution in [0.4, 0.5) is 0 Å². The first-order valence-corrected chi connectivity index (χ1v) is 12.4. The van der Waals surface area contributed by atoms with Gasteiger partial charge >= 0.3 is 0 Å². The van der Waals surface area contributed by atoms with Gasteiger partial charge in [-0.2, -0.15) is 0 Å². The maximum absolute atomic E-state index is 13.4. The number of nitrogens with one attached hydrogen (secondary N) is 4. The van der Waals surface area contributed by atoms with E-state index in [0.717, 1.165) is 0 Å². The Balaban J connectivity index is 1.94. The van der Waals surface area contributed by atoms with Crippen molar-refractivity contribution in [1.29, 1.82) is 0 Å². The van der Waals surface area contributed by atoms with Crippen LogP contribution >= 0.6 is 0 Å². The first kappa shape index (κ1) is 27.0. The Morgan fingerprint density at radius 1 is 0.972 bits per heavy atom. The minimum absolute atomic E-state index is 0.0696. The van der Waals surface area contributed by atoms with Crippen LogP contribution < -0.4 is 21.3 Å². The number of carbonyl (C=O) groups is 5. The zero-order valence-corrected chi connectivity index (χ0v) is 20.9. The van der Waals surface area contributed by atoms with Crippen LogP contribution in [0.3, 0.4) is 0 Å². The summed E-state index contributed by atoms with van der Waals surface area (Å²) in [6.45, 7) is 5.26. The van der Waals surface area contributed by atoms with Gasteiger partial charge in [0, 0.05) is 13.0 Å². The summed E-state index contributed by atoms with van der Waals surface area (Å²) in [6.07, 6.45) is 1.75. The van der Waals surface area contributed by atoms with Crippen molar-refractivity contribution in [2.24, 2.45) is 5.92 Å². The Kier molecular flexibility index (Phi) is 8.89. The van der Waals surface area contributed by atoms with Crippen molar-refractivity contribution in [2.75, 3.05) is 13.1 Å². The number of rotatable bonds is 4. The topological polar surface area (TPSA) is 157 Å². The van der Waals surface area contributed by atoms with E-state index in [1.54, 1.807) is 12.1 Å². The molecule has 2 saturated heterocycles. The number of hydrogen-bond acceptors (Lipinski definition) is 6. The van der Waals surface area contributed by atoms with Crippen LogP contribution in [0.2, 0.25) is 0 Å². The first-order chi connectivity index (χ1) is 17.1. The molecule has 0 radical (unpaired) electrons. The first-order valence-electron chi connectivity index (χ1n) is 12.4. The number of carbonyl (C=O) groups excluding carboxylic acids is 5. The molecule has 0 unspecified atom stereocenters. The third-order valence-electron chi connectivity index (χ3n) is 6.84. The summed E-state index contributed by atoms with van der Waals surface area (Å²) in [5, 5.41) is 20.3. The molecule has 5 amide bonds. The SMILES string of the molecule is CC[C@@H](C)[C@@H]1NC(=O)[C@H](Cc2ccc(O)cc2)NC(=O)[C@@H]2CCCN2C(=O)CNC(=O)[C@H](C)NC1=O. The third-order valence-corrected chi connectivity index (χ3v) is 6.84. The predicted octanol–water partition coefficient (Wildman–Crippen LogP) is -0.424. The van der Waals surface area contributed by atoms with Crippen LogP contribution in [0.1, 0.15) is 45.6 Å². The van der Waals surface area contributed by atoms with E-state index in [-0.39, 0.29) is 24.6 Å². The van der Waals surface area contributed by atoms with Gasteiger partial charge in [-0.15, -0.1) is 0 Å². The number of nitrogens with zero attached hydrogens (tertiary/aromatic N) is 1. The number of fused-ring (bicyclic) bond motifs is 1. The molecule has 1 aromatic carbocycles. The number of aromatic hydroxyl groups is 1. The van der Waals surface area contributed by atoms with Crippen molar-refractivity contribution in [3.8, 4) is 5.75 Å². The van der Waals surface area contributed by atoms with E-state index in [1.807, 2.05) is 13.8 Å². The Bertz CT molecular complexity index is 997. The maximum atomic E-state index is 13.4. The number of amides is 5. The van der Waals surface area contributed by atoms with E-state index in [2.05, 4.69) is 21.3 Å². The molecule has 0 saturated carbocycles. The van der Waals surface area contributed by atoms with Crippen molar-refractivity contribution in [3.05, 3.63) is 29.8 Å². The van der Waals surface area contributed by atoms with E-state index < -0.39 is 53.7 Å². The van der Waals surface area contributed by atoms with Gasteiger partial charge in [0.25, 0.3) is 0 Å². The molecule has 5 atom stereocenters. The molecule has 3 rings (SSSR count). The molecular weight excluding hydrogens is 466 g/mol.